The molecule has 1 aromatic carbocycles. The minimum absolute atomic E-state index is 0.119. The Morgan fingerprint density at radius 2 is 2.16 bits per heavy atom. The van der Waals surface area contributed by atoms with Crippen molar-refractivity contribution < 1.29 is 19.3 Å². The summed E-state index contributed by atoms with van der Waals surface area (Å²) in [5, 5.41) is 16.2. The molecule has 4 rings (SSSR count). The third-order valence-corrected chi connectivity index (χ3v) is 3.38. The summed E-state index contributed by atoms with van der Waals surface area (Å²) in [5.74, 6) is 0.105. The number of aromatic amines is 1. The quantitative estimate of drug-likeness (QED) is 0.507. The molecule has 0 amide bonds. The Morgan fingerprint density at radius 3 is 2.92 bits per heavy atom. The van der Waals surface area contributed by atoms with E-state index in [-0.39, 0.29) is 17.3 Å². The number of ether oxygens (including phenoxy) is 1. The van der Waals surface area contributed by atoms with Gasteiger partial charge in [0.25, 0.3) is 0 Å². The van der Waals surface area contributed by atoms with E-state index in [1.165, 1.54) is 18.3 Å². The van der Waals surface area contributed by atoms with Gasteiger partial charge in [-0.25, -0.2) is 19.4 Å². The first-order valence-electron chi connectivity index (χ1n) is 7.05. The number of aromatic nitrogens is 5. The van der Waals surface area contributed by atoms with Crippen LogP contribution in [0.2, 0.25) is 0 Å². The number of nitrogens with two attached hydrogens (primary N) is 1. The fourth-order valence-electron chi connectivity index (χ4n) is 2.24. The van der Waals surface area contributed by atoms with Crippen LogP contribution in [0.15, 0.2) is 41.2 Å². The average molecular weight is 338 g/mol. The topological polar surface area (TPSA) is 153 Å². The van der Waals surface area contributed by atoms with E-state index in [4.69, 9.17) is 15.6 Å². The van der Waals surface area contributed by atoms with Gasteiger partial charge in [0.15, 0.2) is 17.3 Å². The molecule has 10 nitrogen and oxygen atoms in total. The van der Waals surface area contributed by atoms with Gasteiger partial charge in [-0.15, -0.1) is 0 Å². The molecule has 0 radical (unpaired) electrons. The highest BCUT2D eigenvalue weighted by atomic mass is 16.6. The van der Waals surface area contributed by atoms with Gasteiger partial charge in [0.1, 0.15) is 11.3 Å². The Morgan fingerprint density at radius 1 is 1.28 bits per heavy atom. The van der Waals surface area contributed by atoms with E-state index in [1.54, 1.807) is 18.2 Å². The summed E-state index contributed by atoms with van der Waals surface area (Å²) < 4.78 is 10.2. The van der Waals surface area contributed by atoms with Crippen molar-refractivity contribution >= 4 is 22.8 Å². The van der Waals surface area contributed by atoms with E-state index in [0.29, 0.717) is 28.3 Å². The van der Waals surface area contributed by atoms with Crippen LogP contribution in [0.3, 0.4) is 0 Å². The number of rotatable bonds is 4. The summed E-state index contributed by atoms with van der Waals surface area (Å²) in [4.78, 5) is 22.5. The molecule has 0 saturated heterocycles. The zero-order valence-corrected chi connectivity index (χ0v) is 12.5. The van der Waals surface area contributed by atoms with Crippen LogP contribution in [-0.2, 0) is 0 Å². The van der Waals surface area contributed by atoms with Gasteiger partial charge in [-0.3, -0.25) is 0 Å². The molecule has 0 fully saturated rings. The Balaban J connectivity index is 1.66. The normalized spacial score (nSPS) is 10.9. The van der Waals surface area contributed by atoms with Crippen LogP contribution in [0.4, 0.5) is 5.82 Å². The van der Waals surface area contributed by atoms with Gasteiger partial charge < -0.3 is 20.6 Å². The minimum atomic E-state index is -1.04. The summed E-state index contributed by atoms with van der Waals surface area (Å²) in [7, 11) is 0. The van der Waals surface area contributed by atoms with Crippen molar-refractivity contribution in [3.63, 3.8) is 0 Å². The van der Waals surface area contributed by atoms with Crippen LogP contribution in [0, 0.1) is 0 Å². The number of nitrogens with zero attached hydrogens (tertiary/aromatic N) is 4. The highest BCUT2D eigenvalue weighted by Gasteiger charge is 2.14. The predicted molar refractivity (Wildman–Crippen MR) is 85.1 cm³/mol. The monoisotopic (exact) mass is 338 g/mol. The van der Waals surface area contributed by atoms with Crippen molar-refractivity contribution in [2.45, 2.75) is 0 Å². The van der Waals surface area contributed by atoms with Gasteiger partial charge >= 0.3 is 5.97 Å². The summed E-state index contributed by atoms with van der Waals surface area (Å²) in [5.41, 5.74) is 7.28. The first-order valence-corrected chi connectivity index (χ1v) is 7.05. The highest BCUT2D eigenvalue weighted by molar-refractivity contribution is 5.88. The number of fused-ring (bicyclic) bond motifs is 1. The Kier molecular flexibility index (Phi) is 3.28. The lowest BCUT2D eigenvalue weighted by Crippen LogP contribution is -1.96. The average Bonchev–Trinajstić information content (AvgIpc) is 3.20. The van der Waals surface area contributed by atoms with Crippen molar-refractivity contribution in [1.29, 1.82) is 0 Å². The van der Waals surface area contributed by atoms with Crippen LogP contribution in [0.25, 0.3) is 22.6 Å². The van der Waals surface area contributed by atoms with E-state index in [9.17, 15) is 4.79 Å². The van der Waals surface area contributed by atoms with Gasteiger partial charge in [0.05, 0.1) is 17.3 Å². The number of imidazole rings is 1. The first-order chi connectivity index (χ1) is 12.1. The summed E-state index contributed by atoms with van der Waals surface area (Å²) in [6.07, 6.45) is 1.51. The highest BCUT2D eigenvalue weighted by Crippen LogP contribution is 2.26. The molecule has 4 aromatic rings. The molecule has 0 aliphatic rings. The lowest BCUT2D eigenvalue weighted by atomic mass is 10.2. The van der Waals surface area contributed by atoms with Crippen LogP contribution in [0.1, 0.15) is 10.4 Å². The summed E-state index contributed by atoms with van der Waals surface area (Å²) in [6, 6.07) is 7.74. The first kappa shape index (κ1) is 14.6. The van der Waals surface area contributed by atoms with E-state index in [1.807, 2.05) is 0 Å². The van der Waals surface area contributed by atoms with E-state index >= 15 is 0 Å². The number of benzene rings is 1. The summed E-state index contributed by atoms with van der Waals surface area (Å²) >= 11 is 0. The Bertz CT molecular complexity index is 1090. The molecule has 4 N–H and O–H groups in total. The van der Waals surface area contributed by atoms with Crippen LogP contribution < -0.4 is 10.5 Å². The molecule has 3 aromatic heterocycles. The van der Waals surface area contributed by atoms with Gasteiger partial charge in [-0.2, -0.15) is 0 Å². The van der Waals surface area contributed by atoms with E-state index in [2.05, 4.69) is 29.9 Å². The number of carboxylic acid groups (broad SMARTS) is 1. The molecule has 0 bridgehead atoms. The maximum absolute atomic E-state index is 11.0. The fourth-order valence-corrected chi connectivity index (χ4v) is 2.24. The number of nitrogen functional groups attached to an aromatic ring is 1. The van der Waals surface area contributed by atoms with E-state index < -0.39 is 5.97 Å². The number of hydrogen-bond donors (Lipinski definition) is 3. The number of hydrogen-bond acceptors (Lipinski definition) is 8. The third-order valence-electron chi connectivity index (χ3n) is 3.38. The van der Waals surface area contributed by atoms with Crippen LogP contribution in [0.5, 0.6) is 11.6 Å². The number of H-pyrrole nitrogens is 1. The van der Waals surface area contributed by atoms with Crippen molar-refractivity contribution in [2.24, 2.45) is 0 Å². The van der Waals surface area contributed by atoms with Gasteiger partial charge in [-0.1, -0.05) is 6.07 Å². The molecule has 3 heterocycles. The van der Waals surface area contributed by atoms with Crippen molar-refractivity contribution in [2.75, 3.05) is 5.73 Å². The van der Waals surface area contributed by atoms with E-state index in [0.717, 1.165) is 0 Å². The van der Waals surface area contributed by atoms with Crippen LogP contribution >= 0.6 is 0 Å². The van der Waals surface area contributed by atoms with Gasteiger partial charge in [-0.05, 0) is 28.5 Å². The zero-order chi connectivity index (χ0) is 17.4. The molecule has 0 unspecified atom stereocenters. The van der Waals surface area contributed by atoms with Gasteiger partial charge in [0.2, 0.25) is 5.88 Å². The molecule has 0 saturated carbocycles. The summed E-state index contributed by atoms with van der Waals surface area (Å²) in [6.45, 7) is 0. The minimum Gasteiger partial charge on any atom is -0.478 e. The molecule has 0 spiro atoms. The van der Waals surface area contributed by atoms with Crippen molar-refractivity contribution in [3.05, 3.63) is 42.1 Å². The standard InChI is InChI=1S/C15H10N6O4/c16-13-12(20-25-21-13)14-18-9-5-11(17-6-10(9)19-14)24-8-3-1-2-7(4-8)15(22)23/h1-6H,(H2,16,21)(H,18,19)(H,22,23). The van der Waals surface area contributed by atoms with Gasteiger partial charge in [0, 0.05) is 6.07 Å². The fraction of sp³-hybridized carbons (Fsp3) is 0. The maximum atomic E-state index is 11.0. The molecule has 0 aliphatic heterocycles. The largest absolute Gasteiger partial charge is 0.478 e. The van der Waals surface area contributed by atoms with Crippen molar-refractivity contribution in [1.82, 2.24) is 25.3 Å². The molecule has 0 atom stereocenters. The number of pyridine rings is 1. The lowest BCUT2D eigenvalue weighted by molar-refractivity contribution is 0.0696. The number of aromatic carboxylic acids is 1. The lowest BCUT2D eigenvalue weighted by Gasteiger charge is -2.05. The SMILES string of the molecule is Nc1nonc1-c1nc2cnc(Oc3cccc(C(=O)O)c3)cc2[nH]1. The number of anilines is 1. The molecule has 124 valence electrons. The van der Waals surface area contributed by atoms with Crippen LogP contribution in [-0.4, -0.2) is 36.3 Å². The van der Waals surface area contributed by atoms with Crippen molar-refractivity contribution in [3.8, 4) is 23.1 Å². The second-order valence-electron chi connectivity index (χ2n) is 5.06. The molecular weight excluding hydrogens is 328 g/mol. The zero-order valence-electron chi connectivity index (χ0n) is 12.5. The second-order valence-corrected chi connectivity index (χ2v) is 5.06. The number of carbonyl (C=O) groups is 1. The molecule has 10 heteroatoms. The molecular formula is C15H10N6O4. The molecule has 25 heavy (non-hydrogen) atoms. The Labute approximate surface area is 139 Å². The third kappa shape index (κ3) is 2.72. The Hall–Kier alpha value is -3.95. The second kappa shape index (κ2) is 5.60. The molecule has 0 aliphatic carbocycles. The number of nitrogens with one attached hydrogen (secondary N) is 1. The number of carboxylic acids is 1. The predicted octanol–water partition coefficient (Wildman–Crippen LogP) is 2.08. The maximum Gasteiger partial charge on any atom is 0.335 e. The smallest absolute Gasteiger partial charge is 0.335 e.